The van der Waals surface area contributed by atoms with E-state index in [0.29, 0.717) is 34.5 Å². The molecule has 0 spiro atoms. The molecule has 1 aliphatic heterocycles. The average molecular weight is 492 g/mol. The minimum atomic E-state index is -0.310. The SMILES string of the molecule is CC1CCN(c2ccc(NC(=O)COc3ccc(Cl)cc3)cc2C(=O)NCc2ccccc2)CC1. The smallest absolute Gasteiger partial charge is 0.262 e. The van der Waals surface area contributed by atoms with E-state index in [0.717, 1.165) is 37.2 Å². The van der Waals surface area contributed by atoms with Gasteiger partial charge in [0.2, 0.25) is 0 Å². The molecule has 0 aliphatic carbocycles. The normalized spacial score (nSPS) is 13.8. The highest BCUT2D eigenvalue weighted by Gasteiger charge is 2.22. The van der Waals surface area contributed by atoms with E-state index in [-0.39, 0.29) is 18.4 Å². The van der Waals surface area contributed by atoms with Crippen LogP contribution < -0.4 is 20.3 Å². The van der Waals surface area contributed by atoms with Crippen LogP contribution >= 0.6 is 11.6 Å². The lowest BCUT2D eigenvalue weighted by Crippen LogP contribution is -2.35. The zero-order valence-corrected chi connectivity index (χ0v) is 20.6. The van der Waals surface area contributed by atoms with Gasteiger partial charge >= 0.3 is 0 Å². The summed E-state index contributed by atoms with van der Waals surface area (Å²) in [5.74, 6) is 0.757. The molecule has 0 saturated carbocycles. The molecule has 0 atom stereocenters. The molecule has 1 aliphatic rings. The van der Waals surface area contributed by atoms with E-state index in [2.05, 4.69) is 22.5 Å². The van der Waals surface area contributed by atoms with Gasteiger partial charge in [-0.2, -0.15) is 0 Å². The molecule has 0 aromatic heterocycles. The predicted octanol–water partition coefficient (Wildman–Crippen LogP) is 5.52. The second-order valence-electron chi connectivity index (χ2n) is 8.86. The molecule has 2 N–H and O–H groups in total. The number of nitrogens with zero attached hydrogens (tertiary/aromatic N) is 1. The molecule has 0 bridgehead atoms. The van der Waals surface area contributed by atoms with Crippen molar-refractivity contribution in [2.75, 3.05) is 29.9 Å². The van der Waals surface area contributed by atoms with Crippen molar-refractivity contribution < 1.29 is 14.3 Å². The Morgan fingerprint density at radius 2 is 1.71 bits per heavy atom. The van der Waals surface area contributed by atoms with Gasteiger partial charge in [0.05, 0.1) is 5.56 Å². The van der Waals surface area contributed by atoms with Crippen LogP contribution in [0.2, 0.25) is 5.02 Å². The number of nitrogens with one attached hydrogen (secondary N) is 2. The van der Waals surface area contributed by atoms with Gasteiger partial charge in [-0.1, -0.05) is 48.9 Å². The van der Waals surface area contributed by atoms with E-state index < -0.39 is 0 Å². The second-order valence-corrected chi connectivity index (χ2v) is 9.30. The van der Waals surface area contributed by atoms with Gasteiger partial charge in [0.1, 0.15) is 5.75 Å². The fourth-order valence-corrected chi connectivity index (χ4v) is 4.20. The number of carbonyl (C=O) groups excluding carboxylic acids is 2. The number of piperidine rings is 1. The predicted molar refractivity (Wildman–Crippen MR) is 140 cm³/mol. The number of hydrogen-bond acceptors (Lipinski definition) is 4. The molecule has 2 amide bonds. The maximum absolute atomic E-state index is 13.2. The number of amides is 2. The molecule has 0 unspecified atom stereocenters. The molecule has 1 heterocycles. The molecular weight excluding hydrogens is 462 g/mol. The minimum absolute atomic E-state index is 0.150. The summed E-state index contributed by atoms with van der Waals surface area (Å²) in [6.07, 6.45) is 2.18. The van der Waals surface area contributed by atoms with Crippen molar-refractivity contribution in [3.05, 3.63) is 88.9 Å². The molecule has 4 rings (SSSR count). The lowest BCUT2D eigenvalue weighted by atomic mass is 9.97. The first-order chi connectivity index (χ1) is 17.0. The maximum Gasteiger partial charge on any atom is 0.262 e. The molecule has 35 heavy (non-hydrogen) atoms. The Balaban J connectivity index is 1.47. The van der Waals surface area contributed by atoms with E-state index in [1.54, 1.807) is 30.3 Å². The third-order valence-electron chi connectivity index (χ3n) is 6.13. The summed E-state index contributed by atoms with van der Waals surface area (Å²) in [6.45, 7) is 4.35. The number of halogens is 1. The first-order valence-corrected chi connectivity index (χ1v) is 12.2. The largest absolute Gasteiger partial charge is 0.484 e. The van der Waals surface area contributed by atoms with Gasteiger partial charge in [-0.25, -0.2) is 0 Å². The van der Waals surface area contributed by atoms with E-state index in [4.69, 9.17) is 16.3 Å². The van der Waals surface area contributed by atoms with Crippen LogP contribution in [0.1, 0.15) is 35.7 Å². The summed E-state index contributed by atoms with van der Waals surface area (Å²) >= 11 is 5.88. The standard InChI is InChI=1S/C28H30ClN3O3/c1-20-13-15-32(16-14-20)26-12-9-23(31-27(33)19-35-24-10-7-22(29)8-11-24)17-25(26)28(34)30-18-21-5-3-2-4-6-21/h2-12,17,20H,13-16,18-19H2,1H3,(H,30,34)(H,31,33). The monoisotopic (exact) mass is 491 g/mol. The fraction of sp³-hybridized carbons (Fsp3) is 0.286. The summed E-state index contributed by atoms with van der Waals surface area (Å²) in [5, 5.41) is 6.46. The Labute approximate surface area is 211 Å². The van der Waals surface area contributed by atoms with Crippen molar-refractivity contribution in [3.63, 3.8) is 0 Å². The molecule has 0 radical (unpaired) electrons. The Kier molecular flexibility index (Phi) is 8.27. The van der Waals surface area contributed by atoms with E-state index >= 15 is 0 Å². The fourth-order valence-electron chi connectivity index (χ4n) is 4.07. The van der Waals surface area contributed by atoms with Gasteiger partial charge < -0.3 is 20.3 Å². The topological polar surface area (TPSA) is 70.7 Å². The number of anilines is 2. The van der Waals surface area contributed by atoms with Crippen LogP contribution in [0.3, 0.4) is 0 Å². The summed E-state index contributed by atoms with van der Waals surface area (Å²) in [4.78, 5) is 28.0. The van der Waals surface area contributed by atoms with Crippen molar-refractivity contribution in [2.45, 2.75) is 26.3 Å². The molecule has 3 aromatic rings. The van der Waals surface area contributed by atoms with E-state index in [9.17, 15) is 9.59 Å². The maximum atomic E-state index is 13.2. The molecule has 6 nitrogen and oxygen atoms in total. The average Bonchev–Trinajstić information content (AvgIpc) is 2.88. The van der Waals surface area contributed by atoms with Gasteiger partial charge in [0.15, 0.2) is 6.61 Å². The zero-order chi connectivity index (χ0) is 24.6. The molecule has 1 fully saturated rings. The van der Waals surface area contributed by atoms with E-state index in [1.165, 1.54) is 0 Å². The first kappa shape index (κ1) is 24.6. The Hall–Kier alpha value is -3.51. The van der Waals surface area contributed by atoms with Crippen molar-refractivity contribution in [3.8, 4) is 5.75 Å². The van der Waals surface area contributed by atoms with Crippen LogP contribution in [-0.2, 0) is 11.3 Å². The number of ether oxygens (including phenoxy) is 1. The lowest BCUT2D eigenvalue weighted by Gasteiger charge is -2.33. The number of benzene rings is 3. The summed E-state index contributed by atoms with van der Waals surface area (Å²) in [7, 11) is 0. The summed E-state index contributed by atoms with van der Waals surface area (Å²) < 4.78 is 5.53. The van der Waals surface area contributed by atoms with Gasteiger partial charge in [0, 0.05) is 36.0 Å². The van der Waals surface area contributed by atoms with Crippen LogP contribution in [0.5, 0.6) is 5.75 Å². The number of rotatable bonds is 8. The number of carbonyl (C=O) groups is 2. The van der Waals surface area contributed by atoms with Crippen molar-refractivity contribution >= 4 is 34.8 Å². The van der Waals surface area contributed by atoms with Crippen LogP contribution in [0, 0.1) is 5.92 Å². The molecule has 7 heteroatoms. The van der Waals surface area contributed by atoms with Crippen LogP contribution in [-0.4, -0.2) is 31.5 Å². The van der Waals surface area contributed by atoms with Gasteiger partial charge in [-0.15, -0.1) is 0 Å². The molecule has 3 aromatic carbocycles. The van der Waals surface area contributed by atoms with Gasteiger partial charge in [-0.3, -0.25) is 9.59 Å². The Morgan fingerprint density at radius 3 is 2.43 bits per heavy atom. The van der Waals surface area contributed by atoms with Crippen molar-refractivity contribution in [2.24, 2.45) is 5.92 Å². The zero-order valence-electron chi connectivity index (χ0n) is 19.8. The third kappa shape index (κ3) is 6.99. The highest BCUT2D eigenvalue weighted by Crippen LogP contribution is 2.29. The van der Waals surface area contributed by atoms with Gasteiger partial charge in [0.25, 0.3) is 11.8 Å². The highest BCUT2D eigenvalue weighted by atomic mass is 35.5. The van der Waals surface area contributed by atoms with Crippen LogP contribution in [0.4, 0.5) is 11.4 Å². The van der Waals surface area contributed by atoms with Crippen molar-refractivity contribution in [1.29, 1.82) is 0 Å². The summed E-state index contributed by atoms with van der Waals surface area (Å²) in [5.41, 5.74) is 3.01. The molecule has 1 saturated heterocycles. The highest BCUT2D eigenvalue weighted by molar-refractivity contribution is 6.30. The quantitative estimate of drug-likeness (QED) is 0.435. The number of hydrogen-bond donors (Lipinski definition) is 2. The van der Waals surface area contributed by atoms with Crippen molar-refractivity contribution in [1.82, 2.24) is 5.32 Å². The Morgan fingerprint density at radius 1 is 1.00 bits per heavy atom. The first-order valence-electron chi connectivity index (χ1n) is 11.9. The van der Waals surface area contributed by atoms with Crippen LogP contribution in [0.15, 0.2) is 72.8 Å². The van der Waals surface area contributed by atoms with Gasteiger partial charge in [-0.05, 0) is 66.8 Å². The second kappa shape index (κ2) is 11.8. The summed E-state index contributed by atoms with van der Waals surface area (Å²) in [6, 6.07) is 22.1. The molecular formula is C28H30ClN3O3. The van der Waals surface area contributed by atoms with E-state index in [1.807, 2.05) is 42.5 Å². The third-order valence-corrected chi connectivity index (χ3v) is 6.38. The molecule has 182 valence electrons. The lowest BCUT2D eigenvalue weighted by molar-refractivity contribution is -0.118. The Bertz CT molecular complexity index is 1140. The minimum Gasteiger partial charge on any atom is -0.484 e. The van der Waals surface area contributed by atoms with Crippen LogP contribution in [0.25, 0.3) is 0 Å².